The third-order valence-electron chi connectivity index (χ3n) is 4.52. The van der Waals surface area contributed by atoms with Crippen LogP contribution in [0.4, 0.5) is 28.0 Å². The summed E-state index contributed by atoms with van der Waals surface area (Å²) in [5.41, 5.74) is 1.77. The highest BCUT2D eigenvalue weighted by atomic mass is 19.4. The summed E-state index contributed by atoms with van der Waals surface area (Å²) in [5.74, 6) is -0.390. The number of alkyl halides is 4. The number of rotatable bonds is 5. The predicted molar refractivity (Wildman–Crippen MR) is 97.5 cm³/mol. The highest BCUT2D eigenvalue weighted by Gasteiger charge is 2.31. The van der Waals surface area contributed by atoms with Crippen molar-refractivity contribution in [3.8, 4) is 11.4 Å². The Morgan fingerprint density at radius 2 is 1.93 bits per heavy atom. The minimum atomic E-state index is -4.81. The Morgan fingerprint density at radius 3 is 2.53 bits per heavy atom. The summed E-state index contributed by atoms with van der Waals surface area (Å²) < 4.78 is 55.8. The number of fused-ring (bicyclic) bond motifs is 1. The fourth-order valence-electron chi connectivity index (χ4n) is 3.23. The molecular formula is C18H15F4N5O3. The molecule has 8 nitrogen and oxygen atoms in total. The van der Waals surface area contributed by atoms with Crippen LogP contribution in [0.5, 0.6) is 5.75 Å². The number of carbonyl (C=O) groups is 1. The molecule has 0 radical (unpaired) electrons. The van der Waals surface area contributed by atoms with E-state index < -0.39 is 24.4 Å². The minimum Gasteiger partial charge on any atom is -0.465 e. The lowest BCUT2D eigenvalue weighted by Gasteiger charge is -2.36. The zero-order valence-corrected chi connectivity index (χ0v) is 15.2. The highest BCUT2D eigenvalue weighted by Crippen LogP contribution is 2.33. The van der Waals surface area contributed by atoms with Crippen LogP contribution < -0.4 is 15.0 Å². The molecule has 0 atom stereocenters. The van der Waals surface area contributed by atoms with Crippen LogP contribution in [0.25, 0.3) is 16.7 Å². The van der Waals surface area contributed by atoms with Crippen molar-refractivity contribution in [1.29, 1.82) is 0 Å². The van der Waals surface area contributed by atoms with Gasteiger partial charge in [0.05, 0.1) is 42.1 Å². The Kier molecular flexibility index (Phi) is 4.84. The number of halogens is 4. The van der Waals surface area contributed by atoms with Gasteiger partial charge in [-0.3, -0.25) is 0 Å². The van der Waals surface area contributed by atoms with E-state index in [-0.39, 0.29) is 19.6 Å². The molecule has 0 spiro atoms. The van der Waals surface area contributed by atoms with Gasteiger partial charge < -0.3 is 20.1 Å². The smallest absolute Gasteiger partial charge is 0.465 e. The number of aromatic nitrogens is 3. The van der Waals surface area contributed by atoms with Crippen LogP contribution in [0.1, 0.15) is 5.69 Å². The maximum atomic E-state index is 13.4. The first-order chi connectivity index (χ1) is 14.2. The monoisotopic (exact) mass is 425 g/mol. The molecule has 2 N–H and O–H groups in total. The number of nitrogens with one attached hydrogen (secondary N) is 1. The van der Waals surface area contributed by atoms with Crippen molar-refractivity contribution in [1.82, 2.24) is 20.1 Å². The summed E-state index contributed by atoms with van der Waals surface area (Å²) in [7, 11) is 0. The van der Waals surface area contributed by atoms with Gasteiger partial charge in [-0.15, -0.1) is 13.2 Å². The van der Waals surface area contributed by atoms with E-state index in [1.54, 1.807) is 11.0 Å². The Morgan fingerprint density at radius 1 is 1.23 bits per heavy atom. The Hall–Kier alpha value is -3.57. The van der Waals surface area contributed by atoms with Crippen molar-refractivity contribution < 1.29 is 32.2 Å². The first-order valence-corrected chi connectivity index (χ1v) is 8.80. The highest BCUT2D eigenvalue weighted by molar-refractivity contribution is 5.93. The van der Waals surface area contributed by atoms with Gasteiger partial charge in [0.2, 0.25) is 0 Å². The van der Waals surface area contributed by atoms with Crippen molar-refractivity contribution in [3.63, 3.8) is 0 Å². The van der Waals surface area contributed by atoms with Crippen LogP contribution in [0.2, 0.25) is 0 Å². The molecule has 0 saturated carbocycles. The van der Waals surface area contributed by atoms with E-state index in [1.807, 2.05) is 0 Å². The lowest BCUT2D eigenvalue weighted by Crippen LogP contribution is -2.48. The summed E-state index contributed by atoms with van der Waals surface area (Å²) in [6.07, 6.45) is -5.50. The largest absolute Gasteiger partial charge is 0.573 e. The number of benzene rings is 1. The fourth-order valence-corrected chi connectivity index (χ4v) is 3.23. The van der Waals surface area contributed by atoms with Gasteiger partial charge in [0.1, 0.15) is 11.9 Å². The summed E-state index contributed by atoms with van der Waals surface area (Å²) >= 11 is 0. The second kappa shape index (κ2) is 7.35. The molecule has 0 aliphatic carbocycles. The molecule has 2 aromatic heterocycles. The van der Waals surface area contributed by atoms with Gasteiger partial charge in [0.25, 0.3) is 0 Å². The molecule has 0 unspecified atom stereocenters. The molecule has 12 heteroatoms. The molecule has 3 heterocycles. The number of hydrogen-bond donors (Lipinski definition) is 2. The van der Waals surface area contributed by atoms with Gasteiger partial charge in [-0.2, -0.15) is 5.10 Å². The average molecular weight is 425 g/mol. The lowest BCUT2D eigenvalue weighted by atomic mass is 10.1. The van der Waals surface area contributed by atoms with Gasteiger partial charge in [-0.25, -0.2) is 18.9 Å². The number of anilines is 1. The SMILES string of the molecule is O=C(O)NCc1nn(-c2ccc(OC(F)(F)F)cc2)c2nccc(N3CC(F)C3)c12. The summed E-state index contributed by atoms with van der Waals surface area (Å²) in [6.45, 7) is 0.263. The molecule has 1 saturated heterocycles. The molecule has 1 aliphatic rings. The second-order valence-corrected chi connectivity index (χ2v) is 6.59. The topological polar surface area (TPSA) is 92.5 Å². The van der Waals surface area contributed by atoms with E-state index in [9.17, 15) is 22.4 Å². The molecule has 3 aromatic rings. The first kappa shape index (κ1) is 19.7. The number of hydrogen-bond acceptors (Lipinski definition) is 5. The third-order valence-corrected chi connectivity index (χ3v) is 4.52. The summed E-state index contributed by atoms with van der Waals surface area (Å²) in [5, 5.41) is 16.1. The van der Waals surface area contributed by atoms with E-state index >= 15 is 0 Å². The van der Waals surface area contributed by atoms with Crippen molar-refractivity contribution in [3.05, 3.63) is 42.2 Å². The fraction of sp³-hybridized carbons (Fsp3) is 0.278. The number of amides is 1. The van der Waals surface area contributed by atoms with Crippen molar-refractivity contribution in [2.24, 2.45) is 0 Å². The minimum absolute atomic E-state index is 0.125. The van der Waals surface area contributed by atoms with Crippen LogP contribution in [0, 0.1) is 0 Å². The molecule has 1 amide bonds. The van der Waals surface area contributed by atoms with Crippen LogP contribution >= 0.6 is 0 Å². The number of nitrogens with zero attached hydrogens (tertiary/aromatic N) is 4. The van der Waals surface area contributed by atoms with Crippen LogP contribution in [0.3, 0.4) is 0 Å². The van der Waals surface area contributed by atoms with E-state index in [2.05, 4.69) is 20.1 Å². The number of pyridine rings is 1. The Balaban J connectivity index is 1.76. The van der Waals surface area contributed by atoms with Crippen LogP contribution in [0.15, 0.2) is 36.5 Å². The zero-order chi connectivity index (χ0) is 21.5. The van der Waals surface area contributed by atoms with E-state index in [1.165, 1.54) is 23.0 Å². The van der Waals surface area contributed by atoms with Gasteiger partial charge in [0, 0.05) is 6.20 Å². The molecule has 30 heavy (non-hydrogen) atoms. The van der Waals surface area contributed by atoms with E-state index in [0.29, 0.717) is 28.1 Å². The van der Waals surface area contributed by atoms with E-state index in [0.717, 1.165) is 12.1 Å². The Labute approximate surface area is 166 Å². The van der Waals surface area contributed by atoms with E-state index in [4.69, 9.17) is 5.11 Å². The van der Waals surface area contributed by atoms with Crippen molar-refractivity contribution in [2.45, 2.75) is 19.1 Å². The standard InChI is InChI=1S/C18H15F4N5O3/c19-10-8-26(9-10)14-5-6-23-16-15(14)13(7-24-17(28)29)25-27(16)11-1-3-12(4-2-11)30-18(20,21)22/h1-6,10,24H,7-9H2,(H,28,29). The molecule has 4 rings (SSSR count). The molecule has 1 aromatic carbocycles. The maximum Gasteiger partial charge on any atom is 0.573 e. The van der Waals surface area contributed by atoms with Crippen molar-refractivity contribution >= 4 is 22.8 Å². The predicted octanol–water partition coefficient (Wildman–Crippen LogP) is 3.24. The average Bonchev–Trinajstić information content (AvgIpc) is 3.02. The quantitative estimate of drug-likeness (QED) is 0.610. The van der Waals surface area contributed by atoms with Crippen LogP contribution in [-0.2, 0) is 6.54 Å². The van der Waals surface area contributed by atoms with Gasteiger partial charge in [0.15, 0.2) is 5.65 Å². The van der Waals surface area contributed by atoms with Crippen molar-refractivity contribution in [2.75, 3.05) is 18.0 Å². The van der Waals surface area contributed by atoms with Crippen LogP contribution in [-0.4, -0.2) is 51.6 Å². The normalized spacial score (nSPS) is 14.6. The first-order valence-electron chi connectivity index (χ1n) is 8.80. The lowest BCUT2D eigenvalue weighted by molar-refractivity contribution is -0.274. The van der Waals surface area contributed by atoms with Gasteiger partial charge in [-0.1, -0.05) is 0 Å². The number of carboxylic acid groups (broad SMARTS) is 1. The molecular weight excluding hydrogens is 410 g/mol. The molecule has 0 bridgehead atoms. The summed E-state index contributed by atoms with van der Waals surface area (Å²) in [6, 6.07) is 6.71. The third kappa shape index (κ3) is 3.93. The van der Waals surface area contributed by atoms with Gasteiger partial charge in [-0.05, 0) is 30.3 Å². The Bertz CT molecular complexity index is 1080. The zero-order valence-electron chi connectivity index (χ0n) is 15.2. The number of ether oxygens (including phenoxy) is 1. The molecule has 1 aliphatic heterocycles. The molecule has 158 valence electrons. The maximum absolute atomic E-state index is 13.4. The molecule has 1 fully saturated rings. The second-order valence-electron chi connectivity index (χ2n) is 6.59. The summed E-state index contributed by atoms with van der Waals surface area (Å²) in [4.78, 5) is 17.0. The van der Waals surface area contributed by atoms with Gasteiger partial charge >= 0.3 is 12.5 Å².